The third kappa shape index (κ3) is 3.35. The molecule has 0 aromatic carbocycles. The van der Waals surface area contributed by atoms with E-state index in [1.807, 2.05) is 13.0 Å². The summed E-state index contributed by atoms with van der Waals surface area (Å²) in [7, 11) is 2.20. The standard InChI is InChI=1S/C14H22BrNO/c1-12-5-6-13(17-12)9-16(2)11-14(10-15)7-3-4-8-14/h5-6H,3-4,7-11H2,1-2H3. The SMILES string of the molecule is Cc1ccc(CN(C)CC2(CBr)CCCC2)o1. The molecule has 1 aliphatic carbocycles. The van der Waals surface area contributed by atoms with Gasteiger partial charge < -0.3 is 4.42 Å². The Morgan fingerprint density at radius 3 is 2.59 bits per heavy atom. The number of rotatable bonds is 5. The number of furan rings is 1. The molecular weight excluding hydrogens is 278 g/mol. The van der Waals surface area contributed by atoms with Gasteiger partial charge in [-0.1, -0.05) is 28.8 Å². The van der Waals surface area contributed by atoms with Crippen molar-refractivity contribution < 1.29 is 4.42 Å². The molecule has 0 bridgehead atoms. The summed E-state index contributed by atoms with van der Waals surface area (Å²) in [5.41, 5.74) is 0.496. The number of hydrogen-bond acceptors (Lipinski definition) is 2. The lowest BCUT2D eigenvalue weighted by Gasteiger charge is -2.31. The lowest BCUT2D eigenvalue weighted by Crippen LogP contribution is -2.34. The van der Waals surface area contributed by atoms with Gasteiger partial charge in [-0.3, -0.25) is 4.90 Å². The predicted molar refractivity (Wildman–Crippen MR) is 74.5 cm³/mol. The summed E-state index contributed by atoms with van der Waals surface area (Å²) in [6.07, 6.45) is 5.50. The number of hydrogen-bond donors (Lipinski definition) is 0. The first-order chi connectivity index (χ1) is 8.13. The van der Waals surface area contributed by atoms with E-state index in [0.29, 0.717) is 5.41 Å². The van der Waals surface area contributed by atoms with E-state index < -0.39 is 0 Å². The minimum atomic E-state index is 0.496. The van der Waals surface area contributed by atoms with Crippen LogP contribution in [0.1, 0.15) is 37.2 Å². The van der Waals surface area contributed by atoms with E-state index in [9.17, 15) is 0 Å². The molecule has 0 radical (unpaired) electrons. The van der Waals surface area contributed by atoms with Crippen molar-refractivity contribution in [2.45, 2.75) is 39.2 Å². The van der Waals surface area contributed by atoms with Gasteiger partial charge in [-0.05, 0) is 44.4 Å². The predicted octanol–water partition coefficient (Wildman–Crippen LogP) is 3.98. The first-order valence-corrected chi connectivity index (χ1v) is 7.56. The van der Waals surface area contributed by atoms with E-state index in [1.54, 1.807) is 0 Å². The molecule has 1 heterocycles. The van der Waals surface area contributed by atoms with Crippen LogP contribution in [0.2, 0.25) is 0 Å². The van der Waals surface area contributed by atoms with Gasteiger partial charge in [0.1, 0.15) is 11.5 Å². The molecule has 0 N–H and O–H groups in total. The van der Waals surface area contributed by atoms with Crippen LogP contribution >= 0.6 is 15.9 Å². The summed E-state index contributed by atoms with van der Waals surface area (Å²) in [6, 6.07) is 4.13. The summed E-state index contributed by atoms with van der Waals surface area (Å²) >= 11 is 3.70. The summed E-state index contributed by atoms with van der Waals surface area (Å²) in [6.45, 7) is 4.08. The third-order valence-electron chi connectivity index (χ3n) is 3.77. The second-order valence-electron chi connectivity index (χ2n) is 5.53. The zero-order chi connectivity index (χ0) is 12.3. The highest BCUT2D eigenvalue weighted by atomic mass is 79.9. The minimum absolute atomic E-state index is 0.496. The van der Waals surface area contributed by atoms with Crippen molar-refractivity contribution in [3.63, 3.8) is 0 Å². The maximum Gasteiger partial charge on any atom is 0.118 e. The molecule has 0 amide bonds. The average Bonchev–Trinajstić information content (AvgIpc) is 2.89. The quantitative estimate of drug-likeness (QED) is 0.765. The molecule has 1 aromatic rings. The van der Waals surface area contributed by atoms with Gasteiger partial charge in [-0.15, -0.1) is 0 Å². The summed E-state index contributed by atoms with van der Waals surface area (Å²) < 4.78 is 5.63. The Hall–Kier alpha value is -0.280. The molecule has 0 saturated heterocycles. The Morgan fingerprint density at radius 2 is 2.06 bits per heavy atom. The normalized spacial score (nSPS) is 19.1. The number of nitrogens with zero attached hydrogens (tertiary/aromatic N) is 1. The van der Waals surface area contributed by atoms with E-state index in [4.69, 9.17) is 4.42 Å². The van der Waals surface area contributed by atoms with Crippen molar-refractivity contribution >= 4 is 15.9 Å². The van der Waals surface area contributed by atoms with Crippen LogP contribution in [0.4, 0.5) is 0 Å². The van der Waals surface area contributed by atoms with Gasteiger partial charge in [-0.25, -0.2) is 0 Å². The maximum absolute atomic E-state index is 5.63. The van der Waals surface area contributed by atoms with E-state index in [-0.39, 0.29) is 0 Å². The highest BCUT2D eigenvalue weighted by molar-refractivity contribution is 9.09. The molecule has 17 heavy (non-hydrogen) atoms. The molecule has 1 aromatic heterocycles. The van der Waals surface area contributed by atoms with Crippen LogP contribution in [0.5, 0.6) is 0 Å². The topological polar surface area (TPSA) is 16.4 Å². The molecule has 2 nitrogen and oxygen atoms in total. The Morgan fingerprint density at radius 1 is 1.35 bits per heavy atom. The van der Waals surface area contributed by atoms with Crippen molar-refractivity contribution in [3.8, 4) is 0 Å². The van der Waals surface area contributed by atoms with Gasteiger partial charge in [0.25, 0.3) is 0 Å². The minimum Gasteiger partial charge on any atom is -0.465 e. The van der Waals surface area contributed by atoms with Crippen LogP contribution in [0.25, 0.3) is 0 Å². The lowest BCUT2D eigenvalue weighted by atomic mass is 9.88. The molecule has 0 unspecified atom stereocenters. The molecule has 1 fully saturated rings. The van der Waals surface area contributed by atoms with Crippen LogP contribution in [0.3, 0.4) is 0 Å². The first kappa shape index (κ1) is 13.2. The van der Waals surface area contributed by atoms with E-state index in [1.165, 1.54) is 25.7 Å². The Labute approximate surface area is 112 Å². The number of alkyl halides is 1. The molecule has 2 rings (SSSR count). The average molecular weight is 300 g/mol. The van der Waals surface area contributed by atoms with Gasteiger partial charge in [0.2, 0.25) is 0 Å². The van der Waals surface area contributed by atoms with Crippen LogP contribution in [0.15, 0.2) is 16.5 Å². The zero-order valence-corrected chi connectivity index (χ0v) is 12.4. The summed E-state index contributed by atoms with van der Waals surface area (Å²) in [4.78, 5) is 2.39. The van der Waals surface area contributed by atoms with Crippen LogP contribution in [0, 0.1) is 12.3 Å². The smallest absolute Gasteiger partial charge is 0.118 e. The lowest BCUT2D eigenvalue weighted by molar-refractivity contribution is 0.186. The molecule has 0 atom stereocenters. The van der Waals surface area contributed by atoms with Crippen molar-refractivity contribution in [1.82, 2.24) is 4.90 Å². The maximum atomic E-state index is 5.63. The fraction of sp³-hybridized carbons (Fsp3) is 0.714. The monoisotopic (exact) mass is 299 g/mol. The molecule has 1 aliphatic rings. The van der Waals surface area contributed by atoms with Crippen molar-refractivity contribution in [1.29, 1.82) is 0 Å². The Kier molecular flexibility index (Phi) is 4.31. The molecule has 96 valence electrons. The first-order valence-electron chi connectivity index (χ1n) is 6.43. The highest BCUT2D eigenvalue weighted by Gasteiger charge is 2.33. The second-order valence-corrected chi connectivity index (χ2v) is 6.09. The van der Waals surface area contributed by atoms with E-state index in [2.05, 4.69) is 33.9 Å². The fourth-order valence-electron chi connectivity index (χ4n) is 2.92. The molecule has 0 aliphatic heterocycles. The molecular formula is C14H22BrNO. The van der Waals surface area contributed by atoms with Crippen molar-refractivity contribution in [2.24, 2.45) is 5.41 Å². The number of aryl methyl sites for hydroxylation is 1. The van der Waals surface area contributed by atoms with E-state index >= 15 is 0 Å². The second kappa shape index (κ2) is 5.57. The van der Waals surface area contributed by atoms with Gasteiger partial charge in [-0.2, -0.15) is 0 Å². The van der Waals surface area contributed by atoms with Gasteiger partial charge in [0.15, 0.2) is 0 Å². The van der Waals surface area contributed by atoms with Crippen LogP contribution in [-0.4, -0.2) is 23.8 Å². The van der Waals surface area contributed by atoms with Crippen molar-refractivity contribution in [2.75, 3.05) is 18.9 Å². The molecule has 1 saturated carbocycles. The fourth-order valence-corrected chi connectivity index (χ4v) is 3.66. The van der Waals surface area contributed by atoms with Gasteiger partial charge >= 0.3 is 0 Å². The summed E-state index contributed by atoms with van der Waals surface area (Å²) in [5, 5.41) is 1.13. The zero-order valence-electron chi connectivity index (χ0n) is 10.8. The summed E-state index contributed by atoms with van der Waals surface area (Å²) in [5.74, 6) is 2.08. The molecule has 3 heteroatoms. The van der Waals surface area contributed by atoms with Crippen LogP contribution in [-0.2, 0) is 6.54 Å². The van der Waals surface area contributed by atoms with Gasteiger partial charge in [0, 0.05) is 11.9 Å². The molecule has 0 spiro atoms. The van der Waals surface area contributed by atoms with E-state index in [0.717, 1.165) is 29.9 Å². The number of halogens is 1. The van der Waals surface area contributed by atoms with Crippen molar-refractivity contribution in [3.05, 3.63) is 23.7 Å². The Balaban J connectivity index is 1.90. The highest BCUT2D eigenvalue weighted by Crippen LogP contribution is 2.40. The van der Waals surface area contributed by atoms with Gasteiger partial charge in [0.05, 0.1) is 6.54 Å². The Bertz CT molecular complexity index is 355. The van der Waals surface area contributed by atoms with Crippen LogP contribution < -0.4 is 0 Å². The third-order valence-corrected chi connectivity index (χ3v) is 4.96. The largest absolute Gasteiger partial charge is 0.465 e.